The topological polar surface area (TPSA) is 24.5 Å². The summed E-state index contributed by atoms with van der Waals surface area (Å²) in [4.78, 5) is 2.44. The van der Waals surface area contributed by atoms with Crippen molar-refractivity contribution in [1.82, 2.24) is 10.2 Å². The second-order valence-electron chi connectivity index (χ2n) is 3.51. The van der Waals surface area contributed by atoms with Crippen molar-refractivity contribution in [1.29, 1.82) is 0 Å². The Morgan fingerprint density at radius 1 is 1.31 bits per heavy atom. The lowest BCUT2D eigenvalue weighted by molar-refractivity contribution is 0.0566. The molecule has 1 aliphatic rings. The predicted octanol–water partition coefficient (Wildman–Crippen LogP) is 0.738. The fourth-order valence-corrected chi connectivity index (χ4v) is 1.35. The highest BCUT2D eigenvalue weighted by Crippen LogP contribution is 1.93. The van der Waals surface area contributed by atoms with Crippen LogP contribution in [-0.2, 0) is 4.74 Å². The van der Waals surface area contributed by atoms with Crippen LogP contribution in [0.5, 0.6) is 0 Å². The van der Waals surface area contributed by atoms with E-state index in [4.69, 9.17) is 4.74 Å². The summed E-state index contributed by atoms with van der Waals surface area (Å²) >= 11 is 0. The molecule has 1 aliphatic heterocycles. The molecule has 0 bridgehead atoms. The largest absolute Gasteiger partial charge is 0.377 e. The van der Waals surface area contributed by atoms with Gasteiger partial charge in [0.15, 0.2) is 0 Å². The Balaban J connectivity index is 0.00000144. The van der Waals surface area contributed by atoms with Gasteiger partial charge in [0.25, 0.3) is 0 Å². The second kappa shape index (κ2) is 7.56. The van der Waals surface area contributed by atoms with Crippen LogP contribution in [0.1, 0.15) is 13.8 Å². The molecule has 1 saturated heterocycles. The SMILES string of the molecule is CC(C)OCCN1CCNCC1.Cl. The molecule has 0 aliphatic carbocycles. The fourth-order valence-electron chi connectivity index (χ4n) is 1.35. The lowest BCUT2D eigenvalue weighted by atomic mass is 10.3. The van der Waals surface area contributed by atoms with Gasteiger partial charge in [0.1, 0.15) is 0 Å². The number of nitrogens with zero attached hydrogens (tertiary/aromatic N) is 1. The average molecular weight is 209 g/mol. The van der Waals surface area contributed by atoms with E-state index in [1.807, 2.05) is 0 Å². The van der Waals surface area contributed by atoms with Crippen LogP contribution >= 0.6 is 12.4 Å². The summed E-state index contributed by atoms with van der Waals surface area (Å²) in [7, 11) is 0. The summed E-state index contributed by atoms with van der Waals surface area (Å²) in [6.45, 7) is 10.7. The lowest BCUT2D eigenvalue weighted by Gasteiger charge is -2.27. The lowest BCUT2D eigenvalue weighted by Crippen LogP contribution is -2.44. The monoisotopic (exact) mass is 208 g/mol. The molecule has 0 aromatic carbocycles. The third-order valence-electron chi connectivity index (χ3n) is 2.07. The van der Waals surface area contributed by atoms with Crippen molar-refractivity contribution in [3.63, 3.8) is 0 Å². The Morgan fingerprint density at radius 3 is 2.46 bits per heavy atom. The molecular formula is C9H21ClN2O. The molecule has 0 unspecified atom stereocenters. The quantitative estimate of drug-likeness (QED) is 0.738. The van der Waals surface area contributed by atoms with Gasteiger partial charge in [-0.25, -0.2) is 0 Å². The first-order chi connectivity index (χ1) is 5.79. The van der Waals surface area contributed by atoms with E-state index in [0.29, 0.717) is 6.10 Å². The molecule has 1 fully saturated rings. The number of halogens is 1. The van der Waals surface area contributed by atoms with Gasteiger partial charge < -0.3 is 10.1 Å². The molecule has 0 atom stereocenters. The highest BCUT2D eigenvalue weighted by molar-refractivity contribution is 5.85. The minimum Gasteiger partial charge on any atom is -0.377 e. The van der Waals surface area contributed by atoms with E-state index in [-0.39, 0.29) is 12.4 Å². The minimum absolute atomic E-state index is 0. The third-order valence-corrected chi connectivity index (χ3v) is 2.07. The smallest absolute Gasteiger partial charge is 0.0596 e. The zero-order valence-electron chi connectivity index (χ0n) is 8.58. The van der Waals surface area contributed by atoms with Crippen LogP contribution in [0.2, 0.25) is 0 Å². The molecule has 3 nitrogen and oxygen atoms in total. The van der Waals surface area contributed by atoms with Crippen LogP contribution in [0, 0.1) is 0 Å². The fraction of sp³-hybridized carbons (Fsp3) is 1.00. The number of nitrogens with one attached hydrogen (secondary N) is 1. The van der Waals surface area contributed by atoms with E-state index in [1.165, 1.54) is 13.1 Å². The summed E-state index contributed by atoms with van der Waals surface area (Å²) in [5.74, 6) is 0. The molecule has 0 radical (unpaired) electrons. The van der Waals surface area contributed by atoms with Crippen LogP contribution < -0.4 is 5.32 Å². The maximum Gasteiger partial charge on any atom is 0.0596 e. The summed E-state index contributed by atoms with van der Waals surface area (Å²) < 4.78 is 5.48. The first kappa shape index (κ1) is 13.2. The number of rotatable bonds is 4. The normalized spacial score (nSPS) is 18.7. The number of hydrogen-bond donors (Lipinski definition) is 1. The van der Waals surface area contributed by atoms with Gasteiger partial charge in [-0.15, -0.1) is 12.4 Å². The van der Waals surface area contributed by atoms with Crippen LogP contribution in [0.4, 0.5) is 0 Å². The molecule has 0 spiro atoms. The Labute approximate surface area is 87.2 Å². The number of hydrogen-bond acceptors (Lipinski definition) is 3. The Morgan fingerprint density at radius 2 is 1.92 bits per heavy atom. The average Bonchev–Trinajstić information content (AvgIpc) is 2.05. The van der Waals surface area contributed by atoms with E-state index in [0.717, 1.165) is 26.2 Å². The summed E-state index contributed by atoms with van der Waals surface area (Å²) in [5.41, 5.74) is 0. The van der Waals surface area contributed by atoms with Gasteiger partial charge in [0.2, 0.25) is 0 Å². The second-order valence-corrected chi connectivity index (χ2v) is 3.51. The highest BCUT2D eigenvalue weighted by Gasteiger charge is 2.08. The molecule has 1 heterocycles. The molecular weight excluding hydrogens is 188 g/mol. The zero-order valence-corrected chi connectivity index (χ0v) is 9.40. The van der Waals surface area contributed by atoms with Gasteiger partial charge in [-0.2, -0.15) is 0 Å². The minimum atomic E-state index is 0. The van der Waals surface area contributed by atoms with E-state index in [9.17, 15) is 0 Å². The Bertz CT molecular complexity index is 116. The van der Waals surface area contributed by atoms with Crippen LogP contribution in [-0.4, -0.2) is 50.3 Å². The molecule has 0 saturated carbocycles. The van der Waals surface area contributed by atoms with Crippen molar-refractivity contribution in [2.45, 2.75) is 20.0 Å². The van der Waals surface area contributed by atoms with Crippen LogP contribution in [0.25, 0.3) is 0 Å². The van der Waals surface area contributed by atoms with Gasteiger partial charge >= 0.3 is 0 Å². The molecule has 0 amide bonds. The van der Waals surface area contributed by atoms with Gasteiger partial charge in [0, 0.05) is 32.7 Å². The molecule has 80 valence electrons. The van der Waals surface area contributed by atoms with E-state index in [2.05, 4.69) is 24.1 Å². The molecule has 0 aromatic rings. The number of piperazine rings is 1. The van der Waals surface area contributed by atoms with Gasteiger partial charge in [0.05, 0.1) is 12.7 Å². The molecule has 1 N–H and O–H groups in total. The van der Waals surface area contributed by atoms with Crippen molar-refractivity contribution in [3.05, 3.63) is 0 Å². The third kappa shape index (κ3) is 6.27. The van der Waals surface area contributed by atoms with E-state index < -0.39 is 0 Å². The zero-order chi connectivity index (χ0) is 8.81. The van der Waals surface area contributed by atoms with E-state index >= 15 is 0 Å². The van der Waals surface area contributed by atoms with Crippen molar-refractivity contribution in [2.75, 3.05) is 39.3 Å². The standard InChI is InChI=1S/C9H20N2O.ClH/c1-9(2)12-8-7-11-5-3-10-4-6-11;/h9-10H,3-8H2,1-2H3;1H. The molecule has 0 aromatic heterocycles. The predicted molar refractivity (Wildman–Crippen MR) is 57.6 cm³/mol. The molecule has 13 heavy (non-hydrogen) atoms. The van der Waals surface area contributed by atoms with Gasteiger partial charge in [-0.05, 0) is 13.8 Å². The number of ether oxygens (including phenoxy) is 1. The first-order valence-corrected chi connectivity index (χ1v) is 4.83. The Hall–Kier alpha value is 0.170. The maximum absolute atomic E-state index is 5.48. The van der Waals surface area contributed by atoms with Crippen molar-refractivity contribution in [3.8, 4) is 0 Å². The summed E-state index contributed by atoms with van der Waals surface area (Å²) in [6, 6.07) is 0. The maximum atomic E-state index is 5.48. The van der Waals surface area contributed by atoms with Crippen LogP contribution in [0.3, 0.4) is 0 Å². The van der Waals surface area contributed by atoms with Crippen molar-refractivity contribution >= 4 is 12.4 Å². The highest BCUT2D eigenvalue weighted by atomic mass is 35.5. The molecule has 4 heteroatoms. The van der Waals surface area contributed by atoms with E-state index in [1.54, 1.807) is 0 Å². The van der Waals surface area contributed by atoms with Crippen molar-refractivity contribution < 1.29 is 4.74 Å². The van der Waals surface area contributed by atoms with Crippen LogP contribution in [0.15, 0.2) is 0 Å². The van der Waals surface area contributed by atoms with Crippen molar-refractivity contribution in [2.24, 2.45) is 0 Å². The summed E-state index contributed by atoms with van der Waals surface area (Å²) in [6.07, 6.45) is 0.368. The molecule has 1 rings (SSSR count). The summed E-state index contributed by atoms with van der Waals surface area (Å²) in [5, 5.41) is 3.33. The van der Waals surface area contributed by atoms with Gasteiger partial charge in [-0.3, -0.25) is 4.90 Å². The van der Waals surface area contributed by atoms with Gasteiger partial charge in [-0.1, -0.05) is 0 Å². The Kier molecular flexibility index (Phi) is 7.66. The first-order valence-electron chi connectivity index (χ1n) is 4.83.